The van der Waals surface area contributed by atoms with Gasteiger partial charge in [-0.15, -0.1) is 0 Å². The molecule has 0 unspecified atom stereocenters. The first-order valence-corrected chi connectivity index (χ1v) is 7.54. The molecule has 0 saturated carbocycles. The summed E-state index contributed by atoms with van der Waals surface area (Å²) < 4.78 is 0. The highest BCUT2D eigenvalue weighted by Crippen LogP contribution is 2.28. The highest BCUT2D eigenvalue weighted by molar-refractivity contribution is 7.18. The van der Waals surface area contributed by atoms with Gasteiger partial charge in [0.15, 0.2) is 5.13 Å². The van der Waals surface area contributed by atoms with Gasteiger partial charge < -0.3 is 16.0 Å². The molecule has 2 heterocycles. The van der Waals surface area contributed by atoms with E-state index in [0.29, 0.717) is 10.6 Å². The Morgan fingerprint density at radius 2 is 2.29 bits per heavy atom. The van der Waals surface area contributed by atoms with Crippen molar-refractivity contribution in [1.29, 1.82) is 0 Å². The fraction of sp³-hybridized carbons (Fsp3) is 0.357. The number of anilines is 3. The van der Waals surface area contributed by atoms with Gasteiger partial charge in [0, 0.05) is 19.8 Å². The van der Waals surface area contributed by atoms with E-state index < -0.39 is 0 Å². The summed E-state index contributed by atoms with van der Waals surface area (Å²) in [7, 11) is 1.94. The van der Waals surface area contributed by atoms with Crippen molar-refractivity contribution in [3.8, 4) is 0 Å². The number of aromatic nitrogens is 2. The molecule has 0 bridgehead atoms. The molecule has 0 saturated heterocycles. The molecule has 0 fully saturated rings. The molecule has 3 N–H and O–H groups in total. The lowest BCUT2D eigenvalue weighted by Crippen LogP contribution is -2.17. The van der Waals surface area contributed by atoms with Crippen LogP contribution in [0, 0.1) is 6.92 Å². The van der Waals surface area contributed by atoms with Crippen LogP contribution in [0.3, 0.4) is 0 Å². The average molecular weight is 305 g/mol. The maximum absolute atomic E-state index is 12.3. The number of carbonyl (C=O) groups excluding carboxylic acids is 1. The molecule has 0 aliphatic carbocycles. The van der Waals surface area contributed by atoms with Crippen LogP contribution < -0.4 is 16.0 Å². The Bertz CT molecular complexity index is 640. The van der Waals surface area contributed by atoms with Crippen molar-refractivity contribution in [2.75, 3.05) is 29.5 Å². The van der Waals surface area contributed by atoms with Gasteiger partial charge in [-0.05, 0) is 25.0 Å². The average Bonchev–Trinajstić information content (AvgIpc) is 2.84. The summed E-state index contributed by atoms with van der Waals surface area (Å²) >= 11 is 1.30. The van der Waals surface area contributed by atoms with E-state index in [9.17, 15) is 4.79 Å². The molecule has 7 heteroatoms. The van der Waals surface area contributed by atoms with Crippen molar-refractivity contribution in [2.24, 2.45) is 0 Å². The lowest BCUT2D eigenvalue weighted by Gasteiger charge is -2.13. The number of hydrogen-bond donors (Lipinski definition) is 2. The summed E-state index contributed by atoms with van der Waals surface area (Å²) in [6.45, 7) is 4.87. The van der Waals surface area contributed by atoms with Crippen molar-refractivity contribution in [2.45, 2.75) is 20.3 Å². The zero-order chi connectivity index (χ0) is 15.4. The van der Waals surface area contributed by atoms with Crippen LogP contribution in [0.15, 0.2) is 18.5 Å². The van der Waals surface area contributed by atoms with E-state index in [2.05, 4.69) is 22.2 Å². The minimum atomic E-state index is -0.253. The number of amides is 1. The molecule has 0 aromatic carbocycles. The Hall–Kier alpha value is -2.15. The molecule has 0 atom stereocenters. The summed E-state index contributed by atoms with van der Waals surface area (Å²) in [5, 5.41) is 3.57. The molecular formula is C14H19N5OS. The van der Waals surface area contributed by atoms with Gasteiger partial charge in [-0.2, -0.15) is 0 Å². The Morgan fingerprint density at radius 3 is 2.95 bits per heavy atom. The predicted octanol–water partition coefficient (Wildman–Crippen LogP) is 2.53. The van der Waals surface area contributed by atoms with Crippen molar-refractivity contribution >= 4 is 33.9 Å². The molecule has 1 amide bonds. The Kier molecular flexibility index (Phi) is 4.74. The molecule has 2 rings (SSSR count). The number of pyridine rings is 1. The number of nitrogens with one attached hydrogen (secondary N) is 1. The zero-order valence-corrected chi connectivity index (χ0v) is 13.2. The first kappa shape index (κ1) is 15.2. The van der Waals surface area contributed by atoms with E-state index in [-0.39, 0.29) is 11.7 Å². The van der Waals surface area contributed by atoms with Crippen LogP contribution in [0.1, 0.15) is 28.6 Å². The van der Waals surface area contributed by atoms with E-state index in [0.717, 1.165) is 23.7 Å². The maximum atomic E-state index is 12.3. The summed E-state index contributed by atoms with van der Waals surface area (Å²) in [6.07, 6.45) is 4.31. The van der Waals surface area contributed by atoms with Gasteiger partial charge in [-0.1, -0.05) is 18.3 Å². The van der Waals surface area contributed by atoms with Gasteiger partial charge in [0.25, 0.3) is 5.91 Å². The van der Waals surface area contributed by atoms with E-state index in [1.165, 1.54) is 11.3 Å². The number of hydrogen-bond acceptors (Lipinski definition) is 6. The fourth-order valence-corrected chi connectivity index (χ4v) is 2.72. The van der Waals surface area contributed by atoms with Gasteiger partial charge in [0.1, 0.15) is 10.7 Å². The first-order chi connectivity index (χ1) is 10.0. The largest absolute Gasteiger partial charge is 0.382 e. The number of aryl methyl sites for hydroxylation is 1. The summed E-state index contributed by atoms with van der Waals surface area (Å²) in [5.74, 6) is 0.00856. The first-order valence-electron chi connectivity index (χ1n) is 6.72. The second kappa shape index (κ2) is 6.53. The minimum Gasteiger partial charge on any atom is -0.382 e. The van der Waals surface area contributed by atoms with E-state index in [1.54, 1.807) is 12.4 Å². The normalized spacial score (nSPS) is 10.4. The monoisotopic (exact) mass is 305 g/mol. The van der Waals surface area contributed by atoms with Crippen molar-refractivity contribution in [1.82, 2.24) is 9.97 Å². The van der Waals surface area contributed by atoms with Crippen molar-refractivity contribution < 1.29 is 4.79 Å². The number of carbonyl (C=O) groups is 1. The number of thiazole rings is 1. The predicted molar refractivity (Wildman–Crippen MR) is 87.0 cm³/mol. The van der Waals surface area contributed by atoms with Gasteiger partial charge in [-0.3, -0.25) is 9.78 Å². The van der Waals surface area contributed by atoms with E-state index in [1.807, 2.05) is 24.9 Å². The molecular weight excluding hydrogens is 286 g/mol. The lowest BCUT2D eigenvalue weighted by atomic mass is 10.2. The van der Waals surface area contributed by atoms with Crippen LogP contribution >= 0.6 is 11.3 Å². The van der Waals surface area contributed by atoms with Crippen molar-refractivity contribution in [3.63, 3.8) is 0 Å². The quantitative estimate of drug-likeness (QED) is 0.886. The van der Waals surface area contributed by atoms with E-state index in [4.69, 9.17) is 5.73 Å². The Balaban J connectivity index is 2.18. The second-order valence-electron chi connectivity index (χ2n) is 4.78. The smallest absolute Gasteiger partial charge is 0.269 e. The van der Waals surface area contributed by atoms with Gasteiger partial charge in [-0.25, -0.2) is 4.98 Å². The highest BCUT2D eigenvalue weighted by atomic mass is 32.1. The summed E-state index contributed by atoms with van der Waals surface area (Å²) in [5.41, 5.74) is 7.49. The topological polar surface area (TPSA) is 84.1 Å². The SMILES string of the molecule is CCCN(C)c1nc(N)c(C(=O)Nc2cnccc2C)s1. The maximum Gasteiger partial charge on any atom is 0.269 e. The van der Waals surface area contributed by atoms with Gasteiger partial charge in [0.2, 0.25) is 0 Å². The molecule has 2 aromatic heterocycles. The third-order valence-electron chi connectivity index (χ3n) is 3.02. The zero-order valence-electron chi connectivity index (χ0n) is 12.4. The van der Waals surface area contributed by atoms with Crippen LogP contribution in [0.4, 0.5) is 16.6 Å². The Morgan fingerprint density at radius 1 is 1.52 bits per heavy atom. The van der Waals surface area contributed by atoms with Gasteiger partial charge in [0.05, 0.1) is 11.9 Å². The van der Waals surface area contributed by atoms with Gasteiger partial charge >= 0.3 is 0 Å². The van der Waals surface area contributed by atoms with Crippen molar-refractivity contribution in [3.05, 3.63) is 28.9 Å². The van der Waals surface area contributed by atoms with Crippen LogP contribution in [0.5, 0.6) is 0 Å². The number of nitrogens with two attached hydrogens (primary N) is 1. The minimum absolute atomic E-state index is 0.253. The fourth-order valence-electron chi connectivity index (χ4n) is 1.85. The molecule has 0 radical (unpaired) electrons. The van der Waals surface area contributed by atoms with Crippen LogP contribution in [-0.4, -0.2) is 29.5 Å². The molecule has 0 aliphatic rings. The molecule has 112 valence electrons. The summed E-state index contributed by atoms with van der Waals surface area (Å²) in [4.78, 5) is 23.0. The molecule has 0 aliphatic heterocycles. The van der Waals surface area contributed by atoms with E-state index >= 15 is 0 Å². The highest BCUT2D eigenvalue weighted by Gasteiger charge is 2.18. The van der Waals surface area contributed by atoms with Crippen LogP contribution in [0.25, 0.3) is 0 Å². The standard InChI is InChI=1S/C14H19N5OS/c1-4-7-19(3)14-18-12(15)11(21-14)13(20)17-10-8-16-6-5-9(10)2/h5-6,8H,4,7,15H2,1-3H3,(H,17,20). The lowest BCUT2D eigenvalue weighted by molar-refractivity contribution is 0.103. The number of nitrogens with zero attached hydrogens (tertiary/aromatic N) is 3. The Labute approximate surface area is 128 Å². The molecule has 0 spiro atoms. The molecule has 6 nitrogen and oxygen atoms in total. The summed E-state index contributed by atoms with van der Waals surface area (Å²) in [6, 6.07) is 1.84. The van der Waals surface area contributed by atoms with Crippen LogP contribution in [-0.2, 0) is 0 Å². The second-order valence-corrected chi connectivity index (χ2v) is 5.75. The number of nitrogen functional groups attached to an aromatic ring is 1. The number of rotatable bonds is 5. The molecule has 2 aromatic rings. The third-order valence-corrected chi connectivity index (χ3v) is 4.21. The third kappa shape index (κ3) is 3.49. The van der Waals surface area contributed by atoms with Crippen LogP contribution in [0.2, 0.25) is 0 Å². The molecule has 21 heavy (non-hydrogen) atoms.